The summed E-state index contributed by atoms with van der Waals surface area (Å²) in [5, 5.41) is 12.7. The first-order valence-corrected chi connectivity index (χ1v) is 8.96. The minimum Gasteiger partial charge on any atom is -0.475 e. The SMILES string of the molecule is CC(C)(C)c1cc(NC2CC(N3CCCCC3)C2)nc(C(=O)O)n1. The first-order valence-electron chi connectivity index (χ1n) is 8.96. The summed E-state index contributed by atoms with van der Waals surface area (Å²) in [4.78, 5) is 22.3. The fourth-order valence-corrected chi connectivity index (χ4v) is 3.50. The Labute approximate surface area is 143 Å². The molecule has 0 bridgehead atoms. The molecule has 3 rings (SSSR count). The number of nitrogens with one attached hydrogen (secondary N) is 1. The minimum absolute atomic E-state index is 0.128. The van der Waals surface area contributed by atoms with E-state index in [1.54, 1.807) is 0 Å². The summed E-state index contributed by atoms with van der Waals surface area (Å²) in [5.41, 5.74) is 0.545. The highest BCUT2D eigenvalue weighted by atomic mass is 16.4. The average molecular weight is 332 g/mol. The van der Waals surface area contributed by atoms with Crippen LogP contribution >= 0.6 is 0 Å². The smallest absolute Gasteiger partial charge is 0.374 e. The third-order valence-corrected chi connectivity index (χ3v) is 5.06. The fourth-order valence-electron chi connectivity index (χ4n) is 3.50. The van der Waals surface area contributed by atoms with Crippen LogP contribution in [0.1, 0.15) is 69.2 Å². The van der Waals surface area contributed by atoms with Crippen molar-refractivity contribution >= 4 is 11.8 Å². The Kier molecular flexibility index (Phi) is 4.76. The van der Waals surface area contributed by atoms with E-state index in [2.05, 4.69) is 20.2 Å². The molecule has 1 aliphatic carbocycles. The summed E-state index contributed by atoms with van der Waals surface area (Å²) in [7, 11) is 0. The molecular weight excluding hydrogens is 304 g/mol. The number of aromatic carboxylic acids is 1. The molecule has 1 saturated carbocycles. The molecule has 0 atom stereocenters. The van der Waals surface area contributed by atoms with Crippen molar-refractivity contribution in [1.29, 1.82) is 0 Å². The van der Waals surface area contributed by atoms with E-state index in [1.165, 1.54) is 32.4 Å². The van der Waals surface area contributed by atoms with Crippen molar-refractivity contribution in [1.82, 2.24) is 14.9 Å². The Morgan fingerprint density at radius 3 is 2.46 bits per heavy atom. The molecule has 6 nitrogen and oxygen atoms in total. The van der Waals surface area contributed by atoms with Crippen LogP contribution in [0, 0.1) is 0 Å². The molecule has 6 heteroatoms. The van der Waals surface area contributed by atoms with Crippen molar-refractivity contribution in [2.24, 2.45) is 0 Å². The number of carbonyl (C=O) groups is 1. The number of hydrogen-bond acceptors (Lipinski definition) is 5. The monoisotopic (exact) mass is 332 g/mol. The van der Waals surface area contributed by atoms with E-state index in [-0.39, 0.29) is 11.2 Å². The zero-order valence-electron chi connectivity index (χ0n) is 14.9. The number of piperidine rings is 1. The van der Waals surface area contributed by atoms with Crippen LogP contribution in [-0.2, 0) is 5.41 Å². The van der Waals surface area contributed by atoms with Gasteiger partial charge in [0.1, 0.15) is 5.82 Å². The lowest BCUT2D eigenvalue weighted by Crippen LogP contribution is -2.51. The second kappa shape index (κ2) is 6.67. The summed E-state index contributed by atoms with van der Waals surface area (Å²) in [5.74, 6) is -0.574. The van der Waals surface area contributed by atoms with E-state index in [0.29, 0.717) is 17.9 Å². The van der Waals surface area contributed by atoms with E-state index in [4.69, 9.17) is 0 Å². The zero-order chi connectivity index (χ0) is 17.3. The van der Waals surface area contributed by atoms with Gasteiger partial charge in [0, 0.05) is 23.6 Å². The lowest BCUT2D eigenvalue weighted by atomic mass is 9.84. The quantitative estimate of drug-likeness (QED) is 0.883. The molecule has 0 spiro atoms. The second-order valence-electron chi connectivity index (χ2n) is 8.08. The van der Waals surface area contributed by atoms with Crippen LogP contribution in [0.2, 0.25) is 0 Å². The van der Waals surface area contributed by atoms with Crippen LogP contribution in [0.3, 0.4) is 0 Å². The highest BCUT2D eigenvalue weighted by Crippen LogP contribution is 2.31. The Hall–Kier alpha value is -1.69. The largest absolute Gasteiger partial charge is 0.475 e. The van der Waals surface area contributed by atoms with E-state index < -0.39 is 5.97 Å². The summed E-state index contributed by atoms with van der Waals surface area (Å²) in [6, 6.07) is 2.94. The van der Waals surface area contributed by atoms with Gasteiger partial charge in [-0.05, 0) is 38.8 Å². The van der Waals surface area contributed by atoms with Crippen LogP contribution in [0.4, 0.5) is 5.82 Å². The number of nitrogens with zero attached hydrogens (tertiary/aromatic N) is 3. The maximum absolute atomic E-state index is 11.3. The molecule has 132 valence electrons. The molecule has 2 fully saturated rings. The van der Waals surface area contributed by atoms with E-state index in [9.17, 15) is 9.90 Å². The zero-order valence-corrected chi connectivity index (χ0v) is 14.9. The van der Waals surface area contributed by atoms with Gasteiger partial charge < -0.3 is 15.3 Å². The Bertz CT molecular complexity index is 600. The predicted molar refractivity (Wildman–Crippen MR) is 93.5 cm³/mol. The van der Waals surface area contributed by atoms with Crippen molar-refractivity contribution in [2.45, 2.75) is 70.4 Å². The molecule has 0 aromatic carbocycles. The molecule has 0 radical (unpaired) electrons. The van der Waals surface area contributed by atoms with Gasteiger partial charge in [-0.3, -0.25) is 0 Å². The molecule has 0 unspecified atom stereocenters. The van der Waals surface area contributed by atoms with Gasteiger partial charge in [-0.15, -0.1) is 0 Å². The predicted octanol–water partition coefficient (Wildman–Crippen LogP) is 2.90. The van der Waals surface area contributed by atoms with Gasteiger partial charge in [0.2, 0.25) is 5.82 Å². The number of carboxylic acids is 1. The maximum atomic E-state index is 11.3. The fraction of sp³-hybridized carbons (Fsp3) is 0.722. The number of rotatable bonds is 4. The Morgan fingerprint density at radius 1 is 1.21 bits per heavy atom. The van der Waals surface area contributed by atoms with Crippen molar-refractivity contribution in [3.8, 4) is 0 Å². The van der Waals surface area contributed by atoms with E-state index in [0.717, 1.165) is 18.5 Å². The summed E-state index contributed by atoms with van der Waals surface area (Å²) < 4.78 is 0. The van der Waals surface area contributed by atoms with Crippen LogP contribution in [0.5, 0.6) is 0 Å². The molecule has 2 aliphatic rings. The number of hydrogen-bond donors (Lipinski definition) is 2. The molecule has 2 N–H and O–H groups in total. The standard InChI is InChI=1S/C18H28N4O2/c1-18(2,3)14-11-15(21-16(20-14)17(23)24)19-12-9-13(10-12)22-7-5-4-6-8-22/h11-13H,4-10H2,1-3H3,(H,23,24)(H,19,20,21). The van der Waals surface area contributed by atoms with Crippen LogP contribution in [-0.4, -0.2) is 51.1 Å². The number of anilines is 1. The summed E-state index contributed by atoms with van der Waals surface area (Å²) >= 11 is 0. The van der Waals surface area contributed by atoms with E-state index >= 15 is 0 Å². The van der Waals surface area contributed by atoms with Gasteiger partial charge in [0.15, 0.2) is 0 Å². The van der Waals surface area contributed by atoms with Gasteiger partial charge in [-0.25, -0.2) is 14.8 Å². The average Bonchev–Trinajstić information content (AvgIpc) is 2.50. The Balaban J connectivity index is 1.65. The maximum Gasteiger partial charge on any atom is 0.374 e. The molecule has 1 saturated heterocycles. The van der Waals surface area contributed by atoms with Gasteiger partial charge in [-0.2, -0.15) is 0 Å². The molecule has 0 amide bonds. The van der Waals surface area contributed by atoms with Crippen LogP contribution in [0.15, 0.2) is 6.07 Å². The van der Waals surface area contributed by atoms with Crippen molar-refractivity contribution in [3.05, 3.63) is 17.6 Å². The topological polar surface area (TPSA) is 78.4 Å². The second-order valence-corrected chi connectivity index (χ2v) is 8.08. The van der Waals surface area contributed by atoms with Gasteiger partial charge in [-0.1, -0.05) is 27.2 Å². The van der Waals surface area contributed by atoms with E-state index in [1.807, 2.05) is 26.8 Å². The molecule has 1 aliphatic heterocycles. The summed E-state index contributed by atoms with van der Waals surface area (Å²) in [6.45, 7) is 8.53. The lowest BCUT2D eigenvalue weighted by Gasteiger charge is -2.45. The van der Waals surface area contributed by atoms with Crippen LogP contribution < -0.4 is 5.32 Å². The van der Waals surface area contributed by atoms with Crippen molar-refractivity contribution in [3.63, 3.8) is 0 Å². The van der Waals surface area contributed by atoms with Gasteiger partial charge >= 0.3 is 5.97 Å². The third-order valence-electron chi connectivity index (χ3n) is 5.06. The molecule has 1 aromatic heterocycles. The molecule has 2 heterocycles. The molecule has 24 heavy (non-hydrogen) atoms. The highest BCUT2D eigenvalue weighted by molar-refractivity contribution is 5.83. The minimum atomic E-state index is -1.08. The van der Waals surface area contributed by atoms with Gasteiger partial charge in [0.25, 0.3) is 0 Å². The Morgan fingerprint density at radius 2 is 1.88 bits per heavy atom. The third kappa shape index (κ3) is 3.86. The number of carboxylic acid groups (broad SMARTS) is 1. The van der Waals surface area contributed by atoms with Gasteiger partial charge in [0.05, 0.1) is 5.69 Å². The molecule has 1 aromatic rings. The lowest BCUT2D eigenvalue weighted by molar-refractivity contribution is 0.0682. The van der Waals surface area contributed by atoms with Crippen molar-refractivity contribution in [2.75, 3.05) is 18.4 Å². The normalized spacial score (nSPS) is 25.1. The first kappa shape index (κ1) is 17.1. The van der Waals surface area contributed by atoms with Crippen LogP contribution in [0.25, 0.3) is 0 Å². The number of likely N-dealkylation sites (tertiary alicyclic amines) is 1. The summed E-state index contributed by atoms with van der Waals surface area (Å²) in [6.07, 6.45) is 6.21. The number of aromatic nitrogens is 2. The highest BCUT2D eigenvalue weighted by Gasteiger charge is 2.34. The molecular formula is C18H28N4O2. The first-order chi connectivity index (χ1) is 11.3. The van der Waals surface area contributed by atoms with Crippen molar-refractivity contribution < 1.29 is 9.90 Å².